The minimum Gasteiger partial charge on any atom is -0.303 e. The van der Waals surface area contributed by atoms with E-state index in [0.717, 1.165) is 25.5 Å². The second-order valence-corrected chi connectivity index (χ2v) is 5.15. The molecule has 72 valence electrons. The predicted octanol–water partition coefficient (Wildman–Crippen LogP) is 3.75. The van der Waals surface area contributed by atoms with E-state index in [4.69, 9.17) is 34.8 Å². The summed E-state index contributed by atoms with van der Waals surface area (Å²) in [6, 6.07) is 0. The number of halogens is 3. The summed E-state index contributed by atoms with van der Waals surface area (Å²) >= 11 is 16.7. The van der Waals surface area contributed by atoms with E-state index in [1.165, 1.54) is 0 Å². The maximum atomic E-state index is 10.5. The summed E-state index contributed by atoms with van der Waals surface area (Å²) < 4.78 is -1.44. The van der Waals surface area contributed by atoms with Gasteiger partial charge >= 0.3 is 0 Å². The number of alkyl halides is 3. The van der Waals surface area contributed by atoms with Crippen LogP contribution in [0, 0.1) is 5.92 Å². The van der Waals surface area contributed by atoms with Gasteiger partial charge < -0.3 is 4.79 Å². The van der Waals surface area contributed by atoms with E-state index < -0.39 is 9.71 Å². The van der Waals surface area contributed by atoms with Gasteiger partial charge in [0.15, 0.2) is 3.79 Å². The van der Waals surface area contributed by atoms with Gasteiger partial charge in [-0.1, -0.05) is 61.0 Å². The monoisotopic (exact) mass is 230 g/mol. The van der Waals surface area contributed by atoms with Crippen LogP contribution in [0.5, 0.6) is 0 Å². The van der Waals surface area contributed by atoms with Crippen LogP contribution >= 0.6 is 34.8 Å². The van der Waals surface area contributed by atoms with Crippen LogP contribution < -0.4 is 0 Å². The SMILES string of the molecule is CCCCCC(C=O)C(Cl)(Cl)Cl. The van der Waals surface area contributed by atoms with Gasteiger partial charge in [-0.25, -0.2) is 0 Å². The van der Waals surface area contributed by atoms with Crippen LogP contribution in [0.15, 0.2) is 0 Å². The lowest BCUT2D eigenvalue weighted by atomic mass is 10.0. The fourth-order valence-corrected chi connectivity index (χ4v) is 1.40. The molecule has 0 aliphatic heterocycles. The highest BCUT2D eigenvalue weighted by atomic mass is 35.6. The molecule has 0 amide bonds. The number of hydrogen-bond donors (Lipinski definition) is 0. The maximum absolute atomic E-state index is 10.5. The van der Waals surface area contributed by atoms with Crippen LogP contribution in [0.4, 0.5) is 0 Å². The highest BCUT2D eigenvalue weighted by Gasteiger charge is 2.31. The molecule has 0 aromatic carbocycles. The first kappa shape index (κ1) is 12.5. The van der Waals surface area contributed by atoms with Gasteiger partial charge in [0, 0.05) is 0 Å². The molecule has 0 aliphatic rings. The molecule has 0 fully saturated rings. The van der Waals surface area contributed by atoms with Crippen LogP contribution in [0.2, 0.25) is 0 Å². The van der Waals surface area contributed by atoms with Crippen molar-refractivity contribution < 1.29 is 4.79 Å². The number of unbranched alkanes of at least 4 members (excludes halogenated alkanes) is 2. The summed E-state index contributed by atoms with van der Waals surface area (Å²) in [5, 5.41) is 0. The first-order valence-electron chi connectivity index (χ1n) is 4.04. The lowest BCUT2D eigenvalue weighted by molar-refractivity contribution is -0.111. The third kappa shape index (κ3) is 5.23. The molecule has 12 heavy (non-hydrogen) atoms. The van der Waals surface area contributed by atoms with Crippen molar-refractivity contribution >= 4 is 41.1 Å². The Balaban J connectivity index is 3.76. The van der Waals surface area contributed by atoms with Gasteiger partial charge in [-0.3, -0.25) is 0 Å². The van der Waals surface area contributed by atoms with Gasteiger partial charge in [0.25, 0.3) is 0 Å². The molecule has 0 rings (SSSR count). The van der Waals surface area contributed by atoms with E-state index in [2.05, 4.69) is 6.92 Å². The molecule has 0 aromatic rings. The molecule has 1 unspecified atom stereocenters. The summed E-state index contributed by atoms with van der Waals surface area (Å²) in [6.07, 6.45) is 4.50. The third-order valence-electron chi connectivity index (χ3n) is 1.70. The van der Waals surface area contributed by atoms with Crippen LogP contribution in [0.3, 0.4) is 0 Å². The first-order chi connectivity index (χ1) is 5.52. The molecule has 0 N–H and O–H groups in total. The molecular weight excluding hydrogens is 218 g/mol. The van der Waals surface area contributed by atoms with E-state index in [1.807, 2.05) is 0 Å². The van der Waals surface area contributed by atoms with Crippen molar-refractivity contribution in [3.8, 4) is 0 Å². The standard InChI is InChI=1S/C8H13Cl3O/c1-2-3-4-5-7(6-12)8(9,10)11/h6-7H,2-5H2,1H3. The van der Waals surface area contributed by atoms with Crippen molar-refractivity contribution in [2.24, 2.45) is 5.92 Å². The van der Waals surface area contributed by atoms with Crippen molar-refractivity contribution in [2.75, 3.05) is 0 Å². The Labute approximate surface area is 88.4 Å². The topological polar surface area (TPSA) is 17.1 Å². The van der Waals surface area contributed by atoms with Gasteiger partial charge in [-0.15, -0.1) is 0 Å². The van der Waals surface area contributed by atoms with Gasteiger partial charge in [-0.05, 0) is 6.42 Å². The fraction of sp³-hybridized carbons (Fsp3) is 0.875. The summed E-state index contributed by atoms with van der Waals surface area (Å²) in [5.41, 5.74) is 0. The zero-order chi connectivity index (χ0) is 9.61. The van der Waals surface area contributed by atoms with E-state index in [9.17, 15) is 4.79 Å². The van der Waals surface area contributed by atoms with E-state index >= 15 is 0 Å². The van der Waals surface area contributed by atoms with E-state index in [0.29, 0.717) is 6.42 Å². The largest absolute Gasteiger partial charge is 0.303 e. The summed E-state index contributed by atoms with van der Waals surface area (Å²) in [7, 11) is 0. The van der Waals surface area contributed by atoms with Crippen molar-refractivity contribution in [2.45, 2.75) is 36.4 Å². The highest BCUT2D eigenvalue weighted by Crippen LogP contribution is 2.36. The van der Waals surface area contributed by atoms with Crippen molar-refractivity contribution in [3.05, 3.63) is 0 Å². The number of carbonyl (C=O) groups excluding carboxylic acids is 1. The average Bonchev–Trinajstić information content (AvgIpc) is 1.95. The van der Waals surface area contributed by atoms with Crippen LogP contribution in [-0.4, -0.2) is 10.1 Å². The van der Waals surface area contributed by atoms with Crippen molar-refractivity contribution in [3.63, 3.8) is 0 Å². The van der Waals surface area contributed by atoms with Crippen LogP contribution in [0.1, 0.15) is 32.6 Å². The molecule has 0 radical (unpaired) electrons. The Bertz CT molecular complexity index is 131. The van der Waals surface area contributed by atoms with E-state index in [-0.39, 0.29) is 0 Å². The van der Waals surface area contributed by atoms with Crippen molar-refractivity contribution in [1.29, 1.82) is 0 Å². The Morgan fingerprint density at radius 3 is 2.25 bits per heavy atom. The summed E-state index contributed by atoms with van der Waals surface area (Å²) in [5.74, 6) is -0.464. The molecule has 0 aromatic heterocycles. The molecule has 4 heteroatoms. The Hall–Kier alpha value is 0.540. The molecule has 1 atom stereocenters. The Kier molecular flexibility index (Phi) is 6.34. The molecule has 0 aliphatic carbocycles. The molecular formula is C8H13Cl3O. The summed E-state index contributed by atoms with van der Waals surface area (Å²) in [6.45, 7) is 2.09. The minimum atomic E-state index is -1.44. The molecule has 0 bridgehead atoms. The molecule has 1 nitrogen and oxygen atoms in total. The maximum Gasteiger partial charge on any atom is 0.199 e. The fourth-order valence-electron chi connectivity index (χ4n) is 0.923. The quantitative estimate of drug-likeness (QED) is 0.400. The summed E-state index contributed by atoms with van der Waals surface area (Å²) in [4.78, 5) is 10.5. The molecule has 0 saturated carbocycles. The van der Waals surface area contributed by atoms with Gasteiger partial charge in [0.05, 0.1) is 5.92 Å². The van der Waals surface area contributed by atoms with Gasteiger partial charge in [-0.2, -0.15) is 0 Å². The number of aldehydes is 1. The second-order valence-electron chi connectivity index (χ2n) is 2.78. The van der Waals surface area contributed by atoms with Gasteiger partial charge in [0.2, 0.25) is 0 Å². The Morgan fingerprint density at radius 1 is 1.33 bits per heavy atom. The third-order valence-corrected chi connectivity index (χ3v) is 2.54. The average molecular weight is 232 g/mol. The molecule has 0 heterocycles. The normalized spacial score (nSPS) is 14.3. The zero-order valence-electron chi connectivity index (χ0n) is 7.03. The second kappa shape index (κ2) is 6.06. The zero-order valence-corrected chi connectivity index (χ0v) is 9.29. The minimum absolute atomic E-state index is 0.464. The lowest BCUT2D eigenvalue weighted by Crippen LogP contribution is -2.20. The number of rotatable bonds is 5. The van der Waals surface area contributed by atoms with Gasteiger partial charge in [0.1, 0.15) is 6.29 Å². The number of carbonyl (C=O) groups is 1. The Morgan fingerprint density at radius 2 is 1.92 bits per heavy atom. The molecule has 0 spiro atoms. The number of hydrogen-bond acceptors (Lipinski definition) is 1. The lowest BCUT2D eigenvalue weighted by Gasteiger charge is -2.18. The van der Waals surface area contributed by atoms with Crippen molar-refractivity contribution in [1.82, 2.24) is 0 Å². The smallest absolute Gasteiger partial charge is 0.199 e. The van der Waals surface area contributed by atoms with Crippen LogP contribution in [0.25, 0.3) is 0 Å². The van der Waals surface area contributed by atoms with Crippen LogP contribution in [-0.2, 0) is 4.79 Å². The predicted molar refractivity (Wildman–Crippen MR) is 54.0 cm³/mol. The first-order valence-corrected chi connectivity index (χ1v) is 5.17. The molecule has 0 saturated heterocycles. The van der Waals surface area contributed by atoms with E-state index in [1.54, 1.807) is 0 Å². The highest BCUT2D eigenvalue weighted by molar-refractivity contribution is 6.68.